The Labute approximate surface area is 122 Å². The van der Waals surface area contributed by atoms with Gasteiger partial charge in [-0.1, -0.05) is 25.7 Å². The molecular formula is C17H29NO2. The van der Waals surface area contributed by atoms with Crippen molar-refractivity contribution in [2.24, 2.45) is 23.5 Å². The van der Waals surface area contributed by atoms with Gasteiger partial charge in [0, 0.05) is 18.4 Å². The van der Waals surface area contributed by atoms with E-state index in [2.05, 4.69) is 0 Å². The van der Waals surface area contributed by atoms with Gasteiger partial charge in [-0.15, -0.1) is 0 Å². The van der Waals surface area contributed by atoms with E-state index in [1.165, 1.54) is 38.5 Å². The Hall–Kier alpha value is -0.410. The first-order chi connectivity index (χ1) is 9.74. The minimum atomic E-state index is 0.0610. The van der Waals surface area contributed by atoms with Gasteiger partial charge in [0.2, 0.25) is 0 Å². The molecule has 1 saturated heterocycles. The van der Waals surface area contributed by atoms with Gasteiger partial charge in [0.1, 0.15) is 5.78 Å². The summed E-state index contributed by atoms with van der Waals surface area (Å²) in [6, 6.07) is 0. The molecule has 1 aliphatic heterocycles. The number of carbonyl (C=O) groups is 1. The van der Waals surface area contributed by atoms with Gasteiger partial charge < -0.3 is 10.5 Å². The molecule has 114 valence electrons. The summed E-state index contributed by atoms with van der Waals surface area (Å²) in [5.41, 5.74) is 5.96. The first kappa shape index (κ1) is 14.5. The second kappa shape index (κ2) is 6.15. The predicted molar refractivity (Wildman–Crippen MR) is 79.4 cm³/mol. The van der Waals surface area contributed by atoms with Crippen molar-refractivity contribution in [2.45, 2.75) is 69.8 Å². The normalized spacial score (nSPS) is 37.1. The van der Waals surface area contributed by atoms with E-state index >= 15 is 0 Å². The molecule has 3 rings (SSSR count). The average Bonchev–Trinajstić information content (AvgIpc) is 2.94. The van der Waals surface area contributed by atoms with Crippen molar-refractivity contribution in [3.8, 4) is 0 Å². The van der Waals surface area contributed by atoms with E-state index < -0.39 is 0 Å². The fraction of sp³-hybridized carbons (Fsp3) is 0.941. The third kappa shape index (κ3) is 2.80. The van der Waals surface area contributed by atoms with Gasteiger partial charge in [-0.05, 0) is 51.0 Å². The minimum absolute atomic E-state index is 0.0610. The van der Waals surface area contributed by atoms with E-state index in [0.717, 1.165) is 32.3 Å². The molecule has 3 fully saturated rings. The van der Waals surface area contributed by atoms with Gasteiger partial charge in [-0.3, -0.25) is 4.79 Å². The number of hydrogen-bond donors (Lipinski definition) is 1. The summed E-state index contributed by atoms with van der Waals surface area (Å²) in [6.07, 6.45) is 11.5. The Bertz CT molecular complexity index is 349. The fourth-order valence-corrected chi connectivity index (χ4v) is 4.81. The molecule has 2 N–H and O–H groups in total. The highest BCUT2D eigenvalue weighted by atomic mass is 16.5. The summed E-state index contributed by atoms with van der Waals surface area (Å²) in [5, 5.41) is 0. The highest BCUT2D eigenvalue weighted by Gasteiger charge is 2.44. The number of Topliss-reactive ketones (excluding diaryl/α,β-unsaturated/α-hetero) is 1. The van der Waals surface area contributed by atoms with Crippen LogP contribution in [-0.2, 0) is 9.53 Å². The predicted octanol–water partition coefficient (Wildman–Crippen LogP) is 3.06. The Morgan fingerprint density at radius 3 is 2.60 bits per heavy atom. The first-order valence-electron chi connectivity index (χ1n) is 8.62. The van der Waals surface area contributed by atoms with Gasteiger partial charge in [0.25, 0.3) is 0 Å². The number of nitrogens with two attached hydrogens (primary N) is 1. The van der Waals surface area contributed by atoms with Gasteiger partial charge in [0.15, 0.2) is 0 Å². The topological polar surface area (TPSA) is 52.3 Å². The van der Waals surface area contributed by atoms with Crippen LogP contribution in [0.2, 0.25) is 0 Å². The maximum atomic E-state index is 13.0. The standard InChI is InChI=1S/C17H29NO2/c18-12-14-5-1-2-6-15(14)16(19)13-7-10-20-17(11-13)8-3-4-9-17/h13-15H,1-12,18H2. The fourth-order valence-electron chi connectivity index (χ4n) is 4.81. The molecule has 3 heteroatoms. The minimum Gasteiger partial charge on any atom is -0.375 e. The lowest BCUT2D eigenvalue weighted by molar-refractivity contribution is -0.142. The van der Waals surface area contributed by atoms with Crippen molar-refractivity contribution in [2.75, 3.05) is 13.2 Å². The van der Waals surface area contributed by atoms with Crippen molar-refractivity contribution >= 4 is 5.78 Å². The lowest BCUT2D eigenvalue weighted by Crippen LogP contribution is -2.43. The van der Waals surface area contributed by atoms with Crippen LogP contribution in [0.1, 0.15) is 64.2 Å². The monoisotopic (exact) mass is 279 g/mol. The van der Waals surface area contributed by atoms with Crippen LogP contribution in [0.4, 0.5) is 0 Å². The summed E-state index contributed by atoms with van der Waals surface area (Å²) < 4.78 is 6.07. The number of ketones is 1. The van der Waals surface area contributed by atoms with Crippen molar-refractivity contribution < 1.29 is 9.53 Å². The van der Waals surface area contributed by atoms with Crippen LogP contribution in [0.15, 0.2) is 0 Å². The second-order valence-electron chi connectivity index (χ2n) is 7.22. The highest BCUT2D eigenvalue weighted by Crippen LogP contribution is 2.44. The number of carbonyl (C=O) groups excluding carboxylic acids is 1. The maximum absolute atomic E-state index is 13.0. The van der Waals surface area contributed by atoms with Crippen molar-refractivity contribution in [1.29, 1.82) is 0 Å². The lowest BCUT2D eigenvalue weighted by atomic mass is 9.71. The van der Waals surface area contributed by atoms with E-state index in [-0.39, 0.29) is 17.4 Å². The molecule has 0 amide bonds. The molecule has 0 radical (unpaired) electrons. The third-order valence-electron chi connectivity index (χ3n) is 5.99. The summed E-state index contributed by atoms with van der Waals surface area (Å²) in [6.45, 7) is 1.47. The van der Waals surface area contributed by atoms with Crippen LogP contribution in [0.5, 0.6) is 0 Å². The largest absolute Gasteiger partial charge is 0.375 e. The van der Waals surface area contributed by atoms with Crippen molar-refractivity contribution in [3.05, 3.63) is 0 Å². The van der Waals surface area contributed by atoms with E-state index in [4.69, 9.17) is 10.5 Å². The van der Waals surface area contributed by atoms with E-state index in [1.807, 2.05) is 0 Å². The maximum Gasteiger partial charge on any atom is 0.139 e. The Balaban J connectivity index is 1.66. The van der Waals surface area contributed by atoms with E-state index in [0.29, 0.717) is 18.2 Å². The zero-order valence-corrected chi connectivity index (χ0v) is 12.6. The highest BCUT2D eigenvalue weighted by molar-refractivity contribution is 5.84. The van der Waals surface area contributed by atoms with Crippen LogP contribution in [0.25, 0.3) is 0 Å². The van der Waals surface area contributed by atoms with Gasteiger partial charge in [-0.2, -0.15) is 0 Å². The molecule has 1 heterocycles. The van der Waals surface area contributed by atoms with Gasteiger partial charge in [0.05, 0.1) is 5.60 Å². The molecule has 2 saturated carbocycles. The van der Waals surface area contributed by atoms with E-state index in [9.17, 15) is 4.79 Å². The summed E-state index contributed by atoms with van der Waals surface area (Å²) in [7, 11) is 0. The molecule has 3 aliphatic rings. The smallest absolute Gasteiger partial charge is 0.139 e. The first-order valence-corrected chi connectivity index (χ1v) is 8.62. The SMILES string of the molecule is NCC1CCCCC1C(=O)C1CCOC2(CCCC2)C1. The molecule has 0 aromatic carbocycles. The molecule has 0 aromatic heterocycles. The van der Waals surface area contributed by atoms with Crippen LogP contribution in [0, 0.1) is 17.8 Å². The lowest BCUT2D eigenvalue weighted by Gasteiger charge is -2.40. The van der Waals surface area contributed by atoms with Gasteiger partial charge >= 0.3 is 0 Å². The van der Waals surface area contributed by atoms with Crippen LogP contribution >= 0.6 is 0 Å². The molecule has 0 aromatic rings. The Morgan fingerprint density at radius 1 is 1.10 bits per heavy atom. The molecular weight excluding hydrogens is 250 g/mol. The molecule has 3 unspecified atom stereocenters. The molecule has 1 spiro atoms. The molecule has 3 nitrogen and oxygen atoms in total. The summed E-state index contributed by atoms with van der Waals surface area (Å²) in [4.78, 5) is 13.0. The average molecular weight is 279 g/mol. The van der Waals surface area contributed by atoms with Gasteiger partial charge in [-0.25, -0.2) is 0 Å². The van der Waals surface area contributed by atoms with Crippen molar-refractivity contribution in [3.63, 3.8) is 0 Å². The number of hydrogen-bond acceptors (Lipinski definition) is 3. The molecule has 0 bridgehead atoms. The molecule has 20 heavy (non-hydrogen) atoms. The number of rotatable bonds is 3. The number of ether oxygens (including phenoxy) is 1. The molecule has 3 atom stereocenters. The molecule has 2 aliphatic carbocycles. The summed E-state index contributed by atoms with van der Waals surface area (Å²) >= 11 is 0. The van der Waals surface area contributed by atoms with Crippen LogP contribution in [0.3, 0.4) is 0 Å². The van der Waals surface area contributed by atoms with Crippen LogP contribution in [-0.4, -0.2) is 24.5 Å². The van der Waals surface area contributed by atoms with E-state index in [1.54, 1.807) is 0 Å². The summed E-state index contributed by atoms with van der Waals surface area (Å²) in [5.74, 6) is 1.46. The quantitative estimate of drug-likeness (QED) is 0.864. The van der Waals surface area contributed by atoms with Crippen molar-refractivity contribution in [1.82, 2.24) is 0 Å². The third-order valence-corrected chi connectivity index (χ3v) is 5.99. The Kier molecular flexibility index (Phi) is 4.46. The Morgan fingerprint density at radius 2 is 1.85 bits per heavy atom. The second-order valence-corrected chi connectivity index (χ2v) is 7.22. The zero-order chi connectivity index (χ0) is 14.0. The van der Waals surface area contributed by atoms with Crippen LogP contribution < -0.4 is 5.73 Å². The zero-order valence-electron chi connectivity index (χ0n) is 12.6.